The molecule has 9 nitrogen and oxygen atoms in total. The highest BCUT2D eigenvalue weighted by atomic mass is 35.5. The third-order valence-electron chi connectivity index (χ3n) is 4.38. The molecule has 0 saturated carbocycles. The number of hydrogen-bond acceptors (Lipinski definition) is 7. The van der Waals surface area contributed by atoms with Crippen molar-refractivity contribution in [2.75, 3.05) is 30.9 Å². The van der Waals surface area contributed by atoms with Crippen LogP contribution in [-0.4, -0.2) is 53.4 Å². The van der Waals surface area contributed by atoms with E-state index in [0.717, 1.165) is 6.42 Å². The first-order valence-electron chi connectivity index (χ1n) is 9.09. The van der Waals surface area contributed by atoms with Crippen molar-refractivity contribution in [1.82, 2.24) is 9.99 Å². The summed E-state index contributed by atoms with van der Waals surface area (Å²) in [6.07, 6.45) is 0.954. The number of pyridine rings is 1. The van der Waals surface area contributed by atoms with Crippen LogP contribution >= 0.6 is 11.6 Å². The van der Waals surface area contributed by atoms with Crippen LogP contribution in [0.15, 0.2) is 30.3 Å². The molecule has 1 aromatic carbocycles. The van der Waals surface area contributed by atoms with Gasteiger partial charge in [0.1, 0.15) is 12.4 Å². The highest BCUT2D eigenvalue weighted by Gasteiger charge is 2.20. The molecule has 1 aromatic heterocycles. The van der Waals surface area contributed by atoms with Crippen LogP contribution in [0, 0.1) is 11.2 Å². The van der Waals surface area contributed by atoms with Crippen LogP contribution < -0.4 is 10.7 Å². The quantitative estimate of drug-likeness (QED) is 0.282. The van der Waals surface area contributed by atoms with Gasteiger partial charge in [0.25, 0.3) is 0 Å². The molecular formula is C19H21ClFN5O4. The first-order chi connectivity index (χ1) is 14.3. The van der Waals surface area contributed by atoms with E-state index in [1.807, 2.05) is 0 Å². The molecule has 4 N–H and O–H groups in total. The summed E-state index contributed by atoms with van der Waals surface area (Å²) in [6, 6.07) is 6.79. The number of ether oxygens (including phenoxy) is 2. The van der Waals surface area contributed by atoms with E-state index in [4.69, 9.17) is 26.5 Å². The van der Waals surface area contributed by atoms with E-state index in [-0.39, 0.29) is 35.0 Å². The summed E-state index contributed by atoms with van der Waals surface area (Å²) < 4.78 is 24.5. The average molecular weight is 438 g/mol. The van der Waals surface area contributed by atoms with E-state index < -0.39 is 11.8 Å². The largest absolute Gasteiger partial charge is 0.477 e. The summed E-state index contributed by atoms with van der Waals surface area (Å²) in [4.78, 5) is 15.3. The van der Waals surface area contributed by atoms with Gasteiger partial charge in [-0.05, 0) is 30.7 Å². The normalized spacial score (nSPS) is 15.1. The molecule has 160 valence electrons. The molecule has 0 unspecified atom stereocenters. The second-order valence-corrected chi connectivity index (χ2v) is 7.00. The molecule has 0 aliphatic carbocycles. The van der Waals surface area contributed by atoms with E-state index in [2.05, 4.69) is 15.7 Å². The number of nitrogens with zero attached hydrogens (tertiary/aromatic N) is 2. The highest BCUT2D eigenvalue weighted by molar-refractivity contribution is 6.30. The number of aromatic nitrogens is 1. The second kappa shape index (κ2) is 9.59. The van der Waals surface area contributed by atoms with Crippen LogP contribution in [0.3, 0.4) is 0 Å². The molecule has 11 heteroatoms. The summed E-state index contributed by atoms with van der Waals surface area (Å²) in [7, 11) is 1.53. The van der Waals surface area contributed by atoms with Crippen LogP contribution in [0.1, 0.15) is 22.5 Å². The molecule has 0 spiro atoms. The van der Waals surface area contributed by atoms with Crippen molar-refractivity contribution < 1.29 is 23.8 Å². The number of hydrogen-bond donors (Lipinski definition) is 4. The molecular weight excluding hydrogens is 417 g/mol. The van der Waals surface area contributed by atoms with Crippen molar-refractivity contribution in [1.29, 1.82) is 5.41 Å². The van der Waals surface area contributed by atoms with Gasteiger partial charge < -0.3 is 19.9 Å². The van der Waals surface area contributed by atoms with Gasteiger partial charge in [0.15, 0.2) is 11.5 Å². The third-order valence-corrected chi connectivity index (χ3v) is 4.61. The van der Waals surface area contributed by atoms with Gasteiger partial charge in [0, 0.05) is 30.8 Å². The van der Waals surface area contributed by atoms with Crippen molar-refractivity contribution in [3.8, 4) is 0 Å². The van der Waals surface area contributed by atoms with Gasteiger partial charge in [-0.2, -0.15) is 0 Å². The third kappa shape index (κ3) is 5.49. The minimum atomic E-state index is -1.15. The lowest BCUT2D eigenvalue weighted by atomic mass is 10.2. The van der Waals surface area contributed by atoms with Crippen molar-refractivity contribution >= 4 is 35.1 Å². The maximum absolute atomic E-state index is 13.8. The Morgan fingerprint density at radius 2 is 2.23 bits per heavy atom. The zero-order chi connectivity index (χ0) is 21.7. The van der Waals surface area contributed by atoms with Gasteiger partial charge in [-0.25, -0.2) is 24.6 Å². The Hall–Kier alpha value is -3.11. The number of hydrazine groups is 1. The van der Waals surface area contributed by atoms with Gasteiger partial charge in [0.2, 0.25) is 0 Å². The Morgan fingerprint density at radius 1 is 1.47 bits per heavy atom. The lowest BCUT2D eigenvalue weighted by Crippen LogP contribution is -2.35. The van der Waals surface area contributed by atoms with Crippen molar-refractivity contribution in [3.05, 3.63) is 52.4 Å². The summed E-state index contributed by atoms with van der Waals surface area (Å²) >= 11 is 5.73. The van der Waals surface area contributed by atoms with E-state index in [1.165, 1.54) is 42.4 Å². The van der Waals surface area contributed by atoms with E-state index in [0.29, 0.717) is 24.7 Å². The predicted molar refractivity (Wildman–Crippen MR) is 109 cm³/mol. The number of rotatable bonds is 8. The lowest BCUT2D eigenvalue weighted by molar-refractivity contribution is -0.0410. The van der Waals surface area contributed by atoms with Crippen LogP contribution in [0.5, 0.6) is 0 Å². The molecule has 1 atom stereocenters. The molecule has 1 aliphatic heterocycles. The fourth-order valence-corrected chi connectivity index (χ4v) is 2.73. The van der Waals surface area contributed by atoms with Gasteiger partial charge in [-0.3, -0.25) is 5.43 Å². The number of amidine groups is 1. The molecule has 0 amide bonds. The van der Waals surface area contributed by atoms with E-state index >= 15 is 0 Å². The number of carboxylic acid groups (broad SMARTS) is 1. The maximum Gasteiger partial charge on any atom is 0.354 e. The smallest absolute Gasteiger partial charge is 0.354 e. The average Bonchev–Trinajstić information content (AvgIpc) is 2.66. The molecule has 1 aliphatic rings. The standard InChI is InChI=1S/C19H21ClFN5O4/c1-26(19(22)30-10-11-2-3-12(20)8-14(11)21)25-15-4-5-16(18(27)28)24-17(15)23-9-13-6-7-29-13/h2-5,8,13,22,25H,6-7,9-10H2,1H3,(H,23,24)(H,27,28)/t13-/m0/s1. The van der Waals surface area contributed by atoms with Crippen molar-refractivity contribution in [2.24, 2.45) is 0 Å². The van der Waals surface area contributed by atoms with Gasteiger partial charge in [-0.15, -0.1) is 0 Å². The van der Waals surface area contributed by atoms with E-state index in [1.54, 1.807) is 0 Å². The number of carboxylic acids is 1. The van der Waals surface area contributed by atoms with Crippen molar-refractivity contribution in [3.63, 3.8) is 0 Å². The molecule has 1 fully saturated rings. The molecule has 2 heterocycles. The number of anilines is 2. The number of aromatic carboxylic acids is 1. The van der Waals surface area contributed by atoms with Crippen LogP contribution in [0.4, 0.5) is 15.9 Å². The minimum Gasteiger partial charge on any atom is -0.477 e. The van der Waals surface area contributed by atoms with Gasteiger partial charge >= 0.3 is 12.0 Å². The predicted octanol–water partition coefficient (Wildman–Crippen LogP) is 3.18. The first-order valence-corrected chi connectivity index (χ1v) is 9.46. The molecule has 30 heavy (non-hydrogen) atoms. The van der Waals surface area contributed by atoms with Gasteiger partial charge in [-0.1, -0.05) is 17.7 Å². The molecule has 3 rings (SSSR count). The van der Waals surface area contributed by atoms with Gasteiger partial charge in [0.05, 0.1) is 11.8 Å². The topological polar surface area (TPSA) is 120 Å². The number of carbonyl (C=O) groups is 1. The first kappa shape index (κ1) is 21.6. The lowest BCUT2D eigenvalue weighted by Gasteiger charge is -2.28. The van der Waals surface area contributed by atoms with E-state index in [9.17, 15) is 14.3 Å². The Bertz CT molecular complexity index is 941. The maximum atomic E-state index is 13.8. The van der Waals surface area contributed by atoms with Crippen LogP contribution in [0.25, 0.3) is 0 Å². The monoisotopic (exact) mass is 437 g/mol. The molecule has 1 saturated heterocycles. The fourth-order valence-electron chi connectivity index (χ4n) is 2.57. The number of halogens is 2. The molecule has 0 bridgehead atoms. The minimum absolute atomic E-state index is 0.0433. The zero-order valence-corrected chi connectivity index (χ0v) is 16.9. The summed E-state index contributed by atoms with van der Waals surface area (Å²) in [5.41, 5.74) is 3.48. The fraction of sp³-hybridized carbons (Fsp3) is 0.316. The summed E-state index contributed by atoms with van der Waals surface area (Å²) in [6.45, 7) is 1.01. The molecule has 2 aromatic rings. The second-order valence-electron chi connectivity index (χ2n) is 6.56. The van der Waals surface area contributed by atoms with Crippen LogP contribution in [0.2, 0.25) is 5.02 Å². The molecule has 0 radical (unpaired) electrons. The van der Waals surface area contributed by atoms with Crippen molar-refractivity contribution in [2.45, 2.75) is 19.1 Å². The zero-order valence-electron chi connectivity index (χ0n) is 16.1. The SMILES string of the molecule is CN(Nc1ccc(C(=O)O)nc1NC[C@@H]1CCO1)C(=N)OCc1ccc(Cl)cc1F. The Balaban J connectivity index is 1.63. The Morgan fingerprint density at radius 3 is 2.87 bits per heavy atom. The highest BCUT2D eigenvalue weighted by Crippen LogP contribution is 2.22. The Labute approximate surface area is 177 Å². The summed E-state index contributed by atoms with van der Waals surface area (Å²) in [5.74, 6) is -1.38. The van der Waals surface area contributed by atoms with Crippen LogP contribution in [-0.2, 0) is 16.1 Å². The summed E-state index contributed by atoms with van der Waals surface area (Å²) in [5, 5.41) is 21.8. The number of nitrogens with one attached hydrogen (secondary N) is 3. The Kier molecular flexibility index (Phi) is 6.91. The number of benzene rings is 1.